The van der Waals surface area contributed by atoms with E-state index in [0.29, 0.717) is 24.0 Å². The van der Waals surface area contributed by atoms with E-state index in [9.17, 15) is 9.90 Å². The van der Waals surface area contributed by atoms with E-state index in [1.807, 2.05) is 0 Å². The van der Waals surface area contributed by atoms with Crippen LogP contribution in [0.3, 0.4) is 0 Å². The van der Waals surface area contributed by atoms with Crippen LogP contribution in [0, 0.1) is 5.92 Å². The quantitative estimate of drug-likeness (QED) is 0.800. The molecule has 1 saturated heterocycles. The molecule has 1 aromatic rings. The average Bonchev–Trinajstić information content (AvgIpc) is 2.73. The average molecular weight is 254 g/mol. The number of nitrogens with zero attached hydrogens (tertiary/aromatic N) is 1. The number of carbonyl (C=O) groups is 1. The molecule has 0 unspecified atom stereocenters. The van der Waals surface area contributed by atoms with Crippen molar-refractivity contribution in [3.63, 3.8) is 0 Å². The molecule has 0 spiro atoms. The molecule has 1 aliphatic heterocycles. The van der Waals surface area contributed by atoms with E-state index < -0.39 is 5.97 Å². The number of rotatable bonds is 3. The van der Waals surface area contributed by atoms with Crippen LogP contribution in [-0.4, -0.2) is 29.3 Å². The van der Waals surface area contributed by atoms with Crippen LogP contribution in [0.1, 0.15) is 18.5 Å². The zero-order valence-corrected chi connectivity index (χ0v) is 10.1. The zero-order chi connectivity index (χ0) is 12.3. The maximum atomic E-state index is 11.2. The summed E-state index contributed by atoms with van der Waals surface area (Å²) >= 11 is 1.25. The molecule has 1 fully saturated rings. The number of aliphatic carboxylic acids is 1. The molecule has 6 heteroatoms. The Morgan fingerprint density at radius 1 is 1.59 bits per heavy atom. The molecule has 5 nitrogen and oxygen atoms in total. The van der Waals surface area contributed by atoms with Crippen LogP contribution >= 0.6 is 11.3 Å². The first-order valence-electron chi connectivity index (χ1n) is 5.41. The van der Waals surface area contributed by atoms with Gasteiger partial charge in [0, 0.05) is 18.6 Å². The molecule has 92 valence electrons. The van der Waals surface area contributed by atoms with Crippen molar-refractivity contribution in [2.75, 3.05) is 18.9 Å². The van der Waals surface area contributed by atoms with Crippen LogP contribution in [0.5, 0.6) is 0 Å². The zero-order valence-electron chi connectivity index (χ0n) is 9.26. The van der Waals surface area contributed by atoms with Crippen molar-refractivity contribution in [2.45, 2.75) is 12.8 Å². The highest BCUT2D eigenvalue weighted by Crippen LogP contribution is 2.24. The number of ether oxygens (including phenoxy) is 1. The number of hydrogen-bond acceptors (Lipinski definition) is 5. The first-order chi connectivity index (χ1) is 8.16. The van der Waals surface area contributed by atoms with Crippen molar-refractivity contribution in [3.8, 4) is 0 Å². The highest BCUT2D eigenvalue weighted by Gasteiger charge is 2.18. The van der Waals surface area contributed by atoms with Crippen LogP contribution in [0.15, 0.2) is 11.5 Å². The number of hydrogen-bond donors (Lipinski definition) is 2. The molecular formula is C11H14N2O3S. The Bertz CT molecular complexity index is 436. The number of allylic oxidation sites excluding steroid dienone is 1. The summed E-state index contributed by atoms with van der Waals surface area (Å²) in [6.45, 7) is 1.38. The summed E-state index contributed by atoms with van der Waals surface area (Å²) < 4.78 is 5.24. The van der Waals surface area contributed by atoms with E-state index in [1.165, 1.54) is 11.3 Å². The molecule has 0 aliphatic carbocycles. The van der Waals surface area contributed by atoms with Crippen LogP contribution < -0.4 is 5.73 Å². The van der Waals surface area contributed by atoms with Crippen molar-refractivity contribution in [2.24, 2.45) is 5.92 Å². The number of carboxylic acid groups (broad SMARTS) is 1. The molecule has 0 bridgehead atoms. The maximum absolute atomic E-state index is 11.2. The van der Waals surface area contributed by atoms with Crippen molar-refractivity contribution < 1.29 is 14.6 Å². The lowest BCUT2D eigenvalue weighted by atomic mass is 9.96. The highest BCUT2D eigenvalue weighted by atomic mass is 32.1. The molecule has 2 rings (SSSR count). The molecule has 0 saturated carbocycles. The largest absolute Gasteiger partial charge is 0.478 e. The Morgan fingerprint density at radius 3 is 2.82 bits per heavy atom. The fourth-order valence-corrected chi connectivity index (χ4v) is 2.36. The number of aromatic nitrogens is 1. The van der Waals surface area contributed by atoms with E-state index in [2.05, 4.69) is 4.98 Å². The molecule has 3 N–H and O–H groups in total. The molecule has 0 amide bonds. The summed E-state index contributed by atoms with van der Waals surface area (Å²) in [5, 5.41) is 11.3. The third-order valence-corrected chi connectivity index (χ3v) is 3.37. The van der Waals surface area contributed by atoms with Gasteiger partial charge in [-0.25, -0.2) is 9.78 Å². The molecule has 1 aromatic heterocycles. The van der Waals surface area contributed by atoms with Gasteiger partial charge < -0.3 is 15.6 Å². The van der Waals surface area contributed by atoms with Crippen LogP contribution in [0.4, 0.5) is 5.13 Å². The highest BCUT2D eigenvalue weighted by molar-refractivity contribution is 7.13. The Balaban J connectivity index is 2.22. The van der Waals surface area contributed by atoms with Crippen molar-refractivity contribution >= 4 is 28.0 Å². The second-order valence-corrected chi connectivity index (χ2v) is 4.80. The van der Waals surface area contributed by atoms with Gasteiger partial charge in [0.25, 0.3) is 0 Å². The Kier molecular flexibility index (Phi) is 3.75. The Labute approximate surface area is 103 Å². The van der Waals surface area contributed by atoms with Gasteiger partial charge in [-0.1, -0.05) is 6.08 Å². The van der Waals surface area contributed by atoms with Crippen molar-refractivity contribution in [3.05, 3.63) is 17.2 Å². The third kappa shape index (κ3) is 3.04. The second-order valence-electron chi connectivity index (χ2n) is 3.91. The molecular weight excluding hydrogens is 240 g/mol. The monoisotopic (exact) mass is 254 g/mol. The molecule has 2 heterocycles. The fraction of sp³-hybridized carbons (Fsp3) is 0.455. The lowest BCUT2D eigenvalue weighted by molar-refractivity contribution is -0.130. The minimum atomic E-state index is -0.957. The predicted molar refractivity (Wildman–Crippen MR) is 65.7 cm³/mol. The van der Waals surface area contributed by atoms with Gasteiger partial charge in [0.05, 0.1) is 11.3 Å². The smallest absolute Gasteiger partial charge is 0.337 e. The van der Waals surface area contributed by atoms with Crippen molar-refractivity contribution in [1.29, 1.82) is 0 Å². The molecule has 0 radical (unpaired) electrons. The third-order valence-electron chi connectivity index (χ3n) is 2.70. The van der Waals surface area contributed by atoms with Gasteiger partial charge in [-0.05, 0) is 18.8 Å². The summed E-state index contributed by atoms with van der Waals surface area (Å²) in [5.41, 5.74) is 6.21. The predicted octanol–water partition coefficient (Wildman–Crippen LogP) is 1.62. The van der Waals surface area contributed by atoms with E-state index in [0.717, 1.165) is 12.8 Å². The minimum absolute atomic E-state index is 0.241. The van der Waals surface area contributed by atoms with E-state index in [4.69, 9.17) is 10.5 Å². The first-order valence-corrected chi connectivity index (χ1v) is 6.29. The number of carboxylic acids is 1. The number of anilines is 1. The lowest BCUT2D eigenvalue weighted by Gasteiger charge is -2.19. The van der Waals surface area contributed by atoms with Gasteiger partial charge in [-0.15, -0.1) is 11.3 Å². The van der Waals surface area contributed by atoms with Gasteiger partial charge in [0.2, 0.25) is 0 Å². The van der Waals surface area contributed by atoms with Crippen LogP contribution in [0.2, 0.25) is 0 Å². The summed E-state index contributed by atoms with van der Waals surface area (Å²) in [5.74, 6) is -0.709. The molecule has 0 atom stereocenters. The number of thiazole rings is 1. The van der Waals surface area contributed by atoms with Gasteiger partial charge >= 0.3 is 5.97 Å². The number of nitrogen functional groups attached to an aromatic ring is 1. The molecule has 1 aliphatic rings. The Morgan fingerprint density at radius 2 is 2.29 bits per heavy atom. The van der Waals surface area contributed by atoms with Gasteiger partial charge in [0.1, 0.15) is 0 Å². The number of nitrogens with two attached hydrogens (primary N) is 1. The summed E-state index contributed by atoms with van der Waals surface area (Å²) in [4.78, 5) is 15.2. The van der Waals surface area contributed by atoms with E-state index in [-0.39, 0.29) is 11.5 Å². The van der Waals surface area contributed by atoms with Crippen molar-refractivity contribution in [1.82, 2.24) is 4.98 Å². The fourth-order valence-electron chi connectivity index (χ4n) is 1.80. The van der Waals surface area contributed by atoms with E-state index >= 15 is 0 Å². The standard InChI is InChI=1S/C11H14N2O3S/c12-11-13-9(6-17-11)8(10(14)15)5-7-1-3-16-4-2-7/h5-7H,1-4H2,(H2,12,13)(H,14,15). The van der Waals surface area contributed by atoms with Crippen LogP contribution in [-0.2, 0) is 9.53 Å². The summed E-state index contributed by atoms with van der Waals surface area (Å²) in [7, 11) is 0. The van der Waals surface area contributed by atoms with E-state index in [1.54, 1.807) is 11.5 Å². The topological polar surface area (TPSA) is 85.4 Å². The van der Waals surface area contributed by atoms with Crippen LogP contribution in [0.25, 0.3) is 5.57 Å². The summed E-state index contributed by atoms with van der Waals surface area (Å²) in [6.07, 6.45) is 3.49. The summed E-state index contributed by atoms with van der Waals surface area (Å²) in [6, 6.07) is 0. The van der Waals surface area contributed by atoms with Gasteiger partial charge in [0.15, 0.2) is 5.13 Å². The second kappa shape index (κ2) is 5.29. The van der Waals surface area contributed by atoms with Gasteiger partial charge in [-0.2, -0.15) is 0 Å². The SMILES string of the molecule is Nc1nc(C(=CC2CCOCC2)C(=O)O)cs1. The first kappa shape index (κ1) is 12.1. The normalized spacial score (nSPS) is 18.2. The maximum Gasteiger partial charge on any atom is 0.337 e. The lowest BCUT2D eigenvalue weighted by Crippen LogP contribution is -2.15. The minimum Gasteiger partial charge on any atom is -0.478 e. The van der Waals surface area contributed by atoms with Gasteiger partial charge in [-0.3, -0.25) is 0 Å². The Hall–Kier alpha value is -1.40. The molecule has 0 aromatic carbocycles. The molecule has 17 heavy (non-hydrogen) atoms.